The Hall–Kier alpha value is -2.67. The van der Waals surface area contributed by atoms with Gasteiger partial charge in [0.1, 0.15) is 11.9 Å². The molecule has 3 atom stereocenters. The second-order valence-electron chi connectivity index (χ2n) is 8.32. The van der Waals surface area contributed by atoms with Gasteiger partial charge in [0, 0.05) is 11.6 Å². The van der Waals surface area contributed by atoms with Crippen LogP contribution in [0, 0.1) is 5.92 Å². The Morgan fingerprint density at radius 2 is 2.13 bits per heavy atom. The molecular formula is C24H26N2O4S. The molecule has 6 nitrogen and oxygen atoms in total. The van der Waals surface area contributed by atoms with E-state index in [1.807, 2.05) is 29.6 Å². The Morgan fingerprint density at radius 1 is 1.26 bits per heavy atom. The zero-order chi connectivity index (χ0) is 21.4. The fourth-order valence-corrected chi connectivity index (χ4v) is 5.47. The Labute approximate surface area is 185 Å². The van der Waals surface area contributed by atoms with E-state index in [4.69, 9.17) is 9.47 Å². The molecule has 3 aliphatic rings. The number of anilines is 1. The molecule has 2 aliphatic heterocycles. The summed E-state index contributed by atoms with van der Waals surface area (Å²) < 4.78 is 12.1. The number of amides is 1. The minimum Gasteiger partial charge on any atom is -0.494 e. The molecule has 1 amide bonds. The molecule has 2 aromatic rings. The van der Waals surface area contributed by atoms with Crippen LogP contribution in [0.3, 0.4) is 0 Å². The average Bonchev–Trinajstić information content (AvgIpc) is 3.41. The first kappa shape index (κ1) is 20.2. The molecule has 7 heteroatoms. The highest BCUT2D eigenvalue weighted by Crippen LogP contribution is 2.48. The molecule has 0 N–H and O–H groups in total. The second kappa shape index (κ2) is 8.46. The van der Waals surface area contributed by atoms with Crippen LogP contribution in [0.15, 0.2) is 47.2 Å². The third kappa shape index (κ3) is 3.55. The number of Topliss-reactive ketones (excluding diaryl/α,β-unsaturated/α-hetero) is 1. The number of aromatic nitrogens is 1. The van der Waals surface area contributed by atoms with E-state index in [0.29, 0.717) is 17.3 Å². The van der Waals surface area contributed by atoms with Crippen LogP contribution in [0.4, 0.5) is 5.13 Å². The summed E-state index contributed by atoms with van der Waals surface area (Å²) >= 11 is 1.38. The quantitative estimate of drug-likeness (QED) is 0.605. The molecule has 1 aliphatic carbocycles. The number of fused-ring (bicyclic) bond motifs is 1. The third-order valence-electron chi connectivity index (χ3n) is 6.33. The van der Waals surface area contributed by atoms with E-state index >= 15 is 0 Å². The highest BCUT2D eigenvalue weighted by Gasteiger charge is 2.53. The predicted octanol–water partition coefficient (Wildman–Crippen LogP) is 4.82. The largest absolute Gasteiger partial charge is 0.494 e. The SMILES string of the molecule is CCCCOc1cccc(C2C3=C(OC4CCCCC4C3=O)C(=O)N2c2nccs2)c1. The summed E-state index contributed by atoms with van der Waals surface area (Å²) in [7, 11) is 0. The van der Waals surface area contributed by atoms with Gasteiger partial charge in [-0.2, -0.15) is 0 Å². The van der Waals surface area contributed by atoms with Gasteiger partial charge >= 0.3 is 0 Å². The summed E-state index contributed by atoms with van der Waals surface area (Å²) in [6.07, 6.45) is 7.21. The van der Waals surface area contributed by atoms with Crippen molar-refractivity contribution in [1.29, 1.82) is 0 Å². The summed E-state index contributed by atoms with van der Waals surface area (Å²) in [5.41, 5.74) is 1.32. The van der Waals surface area contributed by atoms with Crippen LogP contribution in [-0.4, -0.2) is 29.4 Å². The lowest BCUT2D eigenvalue weighted by atomic mass is 9.77. The van der Waals surface area contributed by atoms with Crippen molar-refractivity contribution in [2.75, 3.05) is 11.5 Å². The Bertz CT molecular complexity index is 1020. The lowest BCUT2D eigenvalue weighted by molar-refractivity contribution is -0.131. The number of carbonyl (C=O) groups excluding carboxylic acids is 2. The van der Waals surface area contributed by atoms with Gasteiger partial charge in [-0.3, -0.25) is 14.5 Å². The monoisotopic (exact) mass is 438 g/mol. The number of carbonyl (C=O) groups is 2. The summed E-state index contributed by atoms with van der Waals surface area (Å²) in [5, 5.41) is 2.41. The van der Waals surface area contributed by atoms with Gasteiger partial charge in [0.2, 0.25) is 0 Å². The van der Waals surface area contributed by atoms with Gasteiger partial charge in [-0.1, -0.05) is 31.9 Å². The Balaban J connectivity index is 1.57. The highest BCUT2D eigenvalue weighted by molar-refractivity contribution is 7.13. The molecule has 1 aromatic carbocycles. The summed E-state index contributed by atoms with van der Waals surface area (Å²) in [5.74, 6) is 0.574. The zero-order valence-electron chi connectivity index (χ0n) is 17.6. The number of hydrogen-bond donors (Lipinski definition) is 0. The fourth-order valence-electron chi connectivity index (χ4n) is 4.80. The van der Waals surface area contributed by atoms with Crippen LogP contribution in [0.25, 0.3) is 0 Å². The van der Waals surface area contributed by atoms with Crippen LogP contribution < -0.4 is 9.64 Å². The van der Waals surface area contributed by atoms with Gasteiger partial charge in [0.15, 0.2) is 16.7 Å². The van der Waals surface area contributed by atoms with Gasteiger partial charge in [-0.15, -0.1) is 11.3 Å². The van der Waals surface area contributed by atoms with Crippen molar-refractivity contribution in [2.24, 2.45) is 5.92 Å². The molecule has 0 saturated heterocycles. The van der Waals surface area contributed by atoms with Crippen LogP contribution in [0.1, 0.15) is 57.1 Å². The lowest BCUT2D eigenvalue weighted by Gasteiger charge is -2.35. The van der Waals surface area contributed by atoms with Gasteiger partial charge in [-0.05, 0) is 43.4 Å². The molecule has 1 fully saturated rings. The van der Waals surface area contributed by atoms with Crippen molar-refractivity contribution in [3.05, 3.63) is 52.7 Å². The molecular weight excluding hydrogens is 412 g/mol. The Kier molecular flexibility index (Phi) is 5.52. The number of rotatable bonds is 6. The number of ether oxygens (including phenoxy) is 2. The van der Waals surface area contributed by atoms with E-state index in [0.717, 1.165) is 49.8 Å². The first-order valence-electron chi connectivity index (χ1n) is 11.1. The molecule has 5 rings (SSSR count). The van der Waals surface area contributed by atoms with Crippen molar-refractivity contribution in [1.82, 2.24) is 4.98 Å². The predicted molar refractivity (Wildman–Crippen MR) is 118 cm³/mol. The second-order valence-corrected chi connectivity index (χ2v) is 9.19. The molecule has 3 heterocycles. The molecule has 0 radical (unpaired) electrons. The van der Waals surface area contributed by atoms with E-state index in [1.165, 1.54) is 11.3 Å². The first-order valence-corrected chi connectivity index (χ1v) is 12.0. The van der Waals surface area contributed by atoms with Crippen molar-refractivity contribution < 1.29 is 19.1 Å². The molecule has 1 aromatic heterocycles. The first-order chi connectivity index (χ1) is 15.2. The van der Waals surface area contributed by atoms with Gasteiger partial charge in [0.05, 0.1) is 24.1 Å². The van der Waals surface area contributed by atoms with Gasteiger partial charge in [0.25, 0.3) is 5.91 Å². The molecule has 31 heavy (non-hydrogen) atoms. The van der Waals surface area contributed by atoms with Crippen molar-refractivity contribution >= 4 is 28.2 Å². The van der Waals surface area contributed by atoms with Crippen LogP contribution in [-0.2, 0) is 14.3 Å². The average molecular weight is 439 g/mol. The summed E-state index contributed by atoms with van der Waals surface area (Å²) in [6, 6.07) is 7.16. The van der Waals surface area contributed by atoms with Crippen molar-refractivity contribution in [3.8, 4) is 5.75 Å². The number of hydrogen-bond acceptors (Lipinski definition) is 6. The van der Waals surface area contributed by atoms with Crippen LogP contribution in [0.2, 0.25) is 0 Å². The molecule has 1 saturated carbocycles. The molecule has 0 bridgehead atoms. The molecule has 3 unspecified atom stereocenters. The zero-order valence-corrected chi connectivity index (χ0v) is 18.4. The number of ketones is 1. The van der Waals surface area contributed by atoms with Crippen LogP contribution in [0.5, 0.6) is 5.75 Å². The maximum Gasteiger partial charge on any atom is 0.296 e. The number of benzene rings is 1. The van der Waals surface area contributed by atoms with E-state index < -0.39 is 6.04 Å². The maximum absolute atomic E-state index is 13.6. The minimum atomic E-state index is -0.543. The summed E-state index contributed by atoms with van der Waals surface area (Å²) in [6.45, 7) is 2.76. The fraction of sp³-hybridized carbons (Fsp3) is 0.458. The maximum atomic E-state index is 13.6. The minimum absolute atomic E-state index is 0.0562. The number of unbranched alkanes of at least 4 members (excludes halogenated alkanes) is 1. The van der Waals surface area contributed by atoms with E-state index in [-0.39, 0.29) is 29.5 Å². The highest BCUT2D eigenvalue weighted by atomic mass is 32.1. The standard InChI is InChI=1S/C24H26N2O4S/c1-2-3-12-29-16-8-6-7-15(14-16)20-19-21(27)17-9-4-5-10-18(17)30-22(19)23(28)26(20)24-25-11-13-31-24/h6-8,11,13-14,17-18,20H,2-5,9-10,12H2,1H3. The number of thiazole rings is 1. The smallest absolute Gasteiger partial charge is 0.296 e. The van der Waals surface area contributed by atoms with Crippen molar-refractivity contribution in [3.63, 3.8) is 0 Å². The van der Waals surface area contributed by atoms with E-state index in [9.17, 15) is 9.59 Å². The van der Waals surface area contributed by atoms with Crippen molar-refractivity contribution in [2.45, 2.75) is 57.6 Å². The Morgan fingerprint density at radius 3 is 2.94 bits per heavy atom. The van der Waals surface area contributed by atoms with E-state index in [1.54, 1.807) is 11.1 Å². The van der Waals surface area contributed by atoms with Crippen LogP contribution >= 0.6 is 11.3 Å². The number of nitrogens with zero attached hydrogens (tertiary/aromatic N) is 2. The summed E-state index contributed by atoms with van der Waals surface area (Å²) in [4.78, 5) is 33.1. The van der Waals surface area contributed by atoms with Gasteiger partial charge < -0.3 is 9.47 Å². The third-order valence-corrected chi connectivity index (χ3v) is 7.10. The molecule has 162 valence electrons. The lowest BCUT2D eigenvalue weighted by Crippen LogP contribution is -2.39. The molecule has 0 spiro atoms. The van der Waals surface area contributed by atoms with Gasteiger partial charge in [-0.25, -0.2) is 4.98 Å². The topological polar surface area (TPSA) is 68.7 Å². The van der Waals surface area contributed by atoms with E-state index in [2.05, 4.69) is 11.9 Å². The normalized spacial score (nSPS) is 25.3.